The van der Waals surface area contributed by atoms with Crippen molar-refractivity contribution in [1.82, 2.24) is 27.4 Å². The lowest BCUT2D eigenvalue weighted by Crippen LogP contribution is -1.96. The normalized spacial score (nSPS) is 12.1. The van der Waals surface area contributed by atoms with Gasteiger partial charge in [0.05, 0.1) is 66.2 Å². The summed E-state index contributed by atoms with van der Waals surface area (Å²) in [5, 5.41) is 28.2. The lowest BCUT2D eigenvalue weighted by Gasteiger charge is -2.11. The number of aromatic nitrogens is 6. The van der Waals surface area contributed by atoms with Crippen molar-refractivity contribution in [2.45, 2.75) is 0 Å². The van der Waals surface area contributed by atoms with Gasteiger partial charge in [0.1, 0.15) is 0 Å². The predicted molar refractivity (Wildman–Crippen MR) is 615 cm³/mol. The zero-order chi connectivity index (χ0) is 93.6. The lowest BCUT2D eigenvalue weighted by atomic mass is 10.0. The molecule has 9 heterocycles. The second-order valence-corrected chi connectivity index (χ2v) is 41.0. The molecule has 0 N–H and O–H groups in total. The van der Waals surface area contributed by atoms with E-state index in [1.54, 1.807) is 0 Å². The van der Waals surface area contributed by atoms with Gasteiger partial charge in [0.15, 0.2) is 0 Å². The molecule has 0 bridgehead atoms. The summed E-state index contributed by atoms with van der Waals surface area (Å²) in [7, 11) is 0. The first-order chi connectivity index (χ1) is 70.9. The second kappa shape index (κ2) is 32.3. The number of para-hydroxylation sites is 6. The van der Waals surface area contributed by atoms with Gasteiger partial charge in [0.2, 0.25) is 0 Å². The molecule has 0 saturated heterocycles. The average molecular weight is 1870 g/mol. The van der Waals surface area contributed by atoms with E-state index >= 15 is 0 Å². The highest BCUT2D eigenvalue weighted by molar-refractivity contribution is 7.26. The molecule has 143 heavy (non-hydrogen) atoms. The van der Waals surface area contributed by atoms with Crippen LogP contribution in [0.25, 0.3) is 280 Å². The molecular formula is C134H82N6S3. The number of thiophene rings is 3. The summed E-state index contributed by atoms with van der Waals surface area (Å²) in [5.41, 5.74) is 29.0. The Morgan fingerprint density at radius 1 is 0.105 bits per heavy atom. The summed E-state index contributed by atoms with van der Waals surface area (Å²) >= 11 is 5.66. The van der Waals surface area contributed by atoms with Crippen molar-refractivity contribution >= 4 is 247 Å². The summed E-state index contributed by atoms with van der Waals surface area (Å²) in [6, 6.07) is 183. The summed E-state index contributed by atoms with van der Waals surface area (Å²) in [6.45, 7) is 0. The Bertz CT molecular complexity index is 10900. The number of rotatable bonds is 9. The van der Waals surface area contributed by atoms with Crippen LogP contribution in [0.15, 0.2) is 497 Å². The maximum atomic E-state index is 2.47. The van der Waals surface area contributed by atoms with E-state index in [9.17, 15) is 0 Å². The van der Waals surface area contributed by atoms with E-state index in [0.29, 0.717) is 0 Å². The van der Waals surface area contributed by atoms with Crippen molar-refractivity contribution in [3.63, 3.8) is 0 Å². The molecule has 32 rings (SSSR count). The molecule has 6 nitrogen and oxygen atoms in total. The fourth-order valence-electron chi connectivity index (χ4n) is 23.3. The number of hydrogen-bond donors (Lipinski definition) is 0. The molecule has 0 atom stereocenters. The minimum atomic E-state index is 1.16. The van der Waals surface area contributed by atoms with E-state index in [4.69, 9.17) is 0 Å². The number of fused-ring (bicyclic) bond motifs is 29. The molecule has 0 radical (unpaired) electrons. The topological polar surface area (TPSA) is 29.6 Å². The Balaban J connectivity index is 0.000000100. The van der Waals surface area contributed by atoms with Crippen LogP contribution in [-0.2, 0) is 0 Å². The van der Waals surface area contributed by atoms with Gasteiger partial charge in [-0.05, 0) is 249 Å². The first kappa shape index (κ1) is 81.1. The van der Waals surface area contributed by atoms with E-state index in [1.807, 2.05) is 34.0 Å². The van der Waals surface area contributed by atoms with Crippen LogP contribution < -0.4 is 0 Å². The van der Waals surface area contributed by atoms with Crippen LogP contribution in [0.1, 0.15) is 0 Å². The monoisotopic (exact) mass is 1870 g/mol. The Morgan fingerprint density at radius 3 is 0.811 bits per heavy atom. The molecule has 0 fully saturated rings. The Hall–Kier alpha value is -18.0. The highest BCUT2D eigenvalue weighted by atomic mass is 32.1. The van der Waals surface area contributed by atoms with Crippen LogP contribution >= 0.6 is 34.0 Å². The molecule has 0 spiro atoms. The van der Waals surface area contributed by atoms with Crippen LogP contribution in [0.2, 0.25) is 0 Å². The van der Waals surface area contributed by atoms with Gasteiger partial charge in [-0.25, -0.2) is 0 Å². The zero-order valence-corrected chi connectivity index (χ0v) is 79.7. The van der Waals surface area contributed by atoms with E-state index in [0.717, 1.165) is 17.1 Å². The van der Waals surface area contributed by atoms with Crippen molar-refractivity contribution in [3.8, 4) is 67.5 Å². The smallest absolute Gasteiger partial charge is 0.0562 e. The van der Waals surface area contributed by atoms with Gasteiger partial charge in [-0.2, -0.15) is 0 Å². The molecule has 9 aromatic heterocycles. The highest BCUT2D eigenvalue weighted by Crippen LogP contribution is 2.50. The van der Waals surface area contributed by atoms with Gasteiger partial charge in [-0.3, -0.25) is 0 Å². The van der Waals surface area contributed by atoms with Crippen LogP contribution in [0, 0.1) is 0 Å². The van der Waals surface area contributed by atoms with Crippen LogP contribution in [0.3, 0.4) is 0 Å². The SMILES string of the molecule is c1ccc(-c2cccc(-n3c4ccccc4c4cc5c6cc7sc8ccc(-c9ccccc9)cc8c7cc6n(-c6ccccc6)c5cc43)c2)cc1.c1ccc(-n2c3cc4c(cc3c3cc5c6ccccc6n(-c6ccc(-c7ccc8ccccc8c7)cc6)c5cc32)sc2ccccc24)cc1.c1ccc(-n2c3cc4c(cc3c3cc5c6ccccc6n(-c6ccc7ccccc7c6)c5cc32)sc2ccccc24)cc1. The van der Waals surface area contributed by atoms with Gasteiger partial charge in [0, 0.05) is 159 Å². The third-order valence-corrected chi connectivity index (χ3v) is 33.2. The Kier molecular flexibility index (Phi) is 18.3. The minimum Gasteiger partial charge on any atom is -0.309 e. The molecule has 0 aliphatic heterocycles. The van der Waals surface area contributed by atoms with Gasteiger partial charge in [-0.1, -0.05) is 303 Å². The van der Waals surface area contributed by atoms with Crippen molar-refractivity contribution < 1.29 is 0 Å². The molecule has 0 aliphatic carbocycles. The zero-order valence-electron chi connectivity index (χ0n) is 77.3. The predicted octanol–water partition coefficient (Wildman–Crippen LogP) is 38.1. The molecule has 0 unspecified atom stereocenters. The maximum Gasteiger partial charge on any atom is 0.0562 e. The molecule has 9 heteroatoms. The molecule has 32 aromatic rings. The third-order valence-electron chi connectivity index (χ3n) is 29.8. The second-order valence-electron chi connectivity index (χ2n) is 37.8. The molecule has 23 aromatic carbocycles. The van der Waals surface area contributed by atoms with Gasteiger partial charge >= 0.3 is 0 Å². The molecule has 666 valence electrons. The molecule has 0 amide bonds. The standard InChI is InChI=1S/C48H30N2S.C46H28N2S.C40H24N2S/c1-4-13-31(14-5-1)33-17-12-20-36(25-33)50-43-22-11-10-21-37(43)38-27-39-40-29-48-42(41-26-34(23-24-47(41)51-48)32-15-6-2-7-16-32)28-44(40)49(46(39)30-45(38)50)35-18-8-3-9-19-35;1-2-12-33(13-3-1)48-42-26-40-36-15-7-9-17-45(36)49-46(40)27-39(42)38-25-37-35-14-6-8-16-41(35)47(43(37)28-44(38)48)34-22-20-30(21-23-34)32-19-18-29-10-4-5-11-31(29)24-32;1-2-12-27(13-3-1)41-36-22-34-30-15-7-9-17-39(30)43-40(34)23-33(36)32-21-31-29-14-6-8-16-35(29)42(37(31)24-38(32)41)28-19-18-25-10-4-5-11-26(25)20-28/h1-30H;1-28H;1-24H. The highest BCUT2D eigenvalue weighted by Gasteiger charge is 2.27. The maximum absolute atomic E-state index is 2.47. The van der Waals surface area contributed by atoms with Crippen molar-refractivity contribution in [2.24, 2.45) is 0 Å². The molecule has 0 saturated carbocycles. The fraction of sp³-hybridized carbons (Fsp3) is 0. The average Bonchev–Trinajstić information content (AvgIpc) is 1.55. The van der Waals surface area contributed by atoms with Crippen LogP contribution in [0.4, 0.5) is 0 Å². The van der Waals surface area contributed by atoms with E-state index in [2.05, 4.69) is 525 Å². The largest absolute Gasteiger partial charge is 0.309 e. The number of hydrogen-bond acceptors (Lipinski definition) is 3. The van der Waals surface area contributed by atoms with Crippen LogP contribution in [-0.4, -0.2) is 27.4 Å². The van der Waals surface area contributed by atoms with E-state index in [1.165, 1.54) is 263 Å². The first-order valence-electron chi connectivity index (χ1n) is 48.9. The van der Waals surface area contributed by atoms with Crippen molar-refractivity contribution in [3.05, 3.63) is 497 Å². The van der Waals surface area contributed by atoms with Crippen molar-refractivity contribution in [2.75, 3.05) is 0 Å². The van der Waals surface area contributed by atoms with Crippen LogP contribution in [0.5, 0.6) is 0 Å². The van der Waals surface area contributed by atoms with Gasteiger partial charge < -0.3 is 27.4 Å². The van der Waals surface area contributed by atoms with Gasteiger partial charge in [-0.15, -0.1) is 34.0 Å². The number of benzene rings is 23. The lowest BCUT2D eigenvalue weighted by molar-refractivity contribution is 1.17. The van der Waals surface area contributed by atoms with E-state index in [-0.39, 0.29) is 0 Å². The third kappa shape index (κ3) is 12.9. The summed E-state index contributed by atoms with van der Waals surface area (Å²) in [6.07, 6.45) is 0. The Labute approximate surface area is 832 Å². The summed E-state index contributed by atoms with van der Waals surface area (Å²) in [5.74, 6) is 0. The fourth-order valence-corrected chi connectivity index (χ4v) is 26.7. The summed E-state index contributed by atoms with van der Waals surface area (Å²) < 4.78 is 22.7. The molecular weight excluding hydrogens is 1790 g/mol. The van der Waals surface area contributed by atoms with E-state index < -0.39 is 0 Å². The summed E-state index contributed by atoms with van der Waals surface area (Å²) in [4.78, 5) is 0. The first-order valence-corrected chi connectivity index (χ1v) is 51.3. The minimum absolute atomic E-state index is 1.16. The number of nitrogens with zero attached hydrogens (tertiary/aromatic N) is 6. The van der Waals surface area contributed by atoms with Crippen molar-refractivity contribution in [1.29, 1.82) is 0 Å². The van der Waals surface area contributed by atoms with Gasteiger partial charge in [0.25, 0.3) is 0 Å². The Morgan fingerprint density at radius 2 is 0.364 bits per heavy atom. The quantitative estimate of drug-likeness (QED) is 0.138. The molecule has 0 aliphatic rings.